The molecule has 0 heterocycles. The number of hydrogen-bond acceptors (Lipinski definition) is 4. The van der Waals surface area contributed by atoms with Crippen LogP contribution in [0.2, 0.25) is 0 Å². The first kappa shape index (κ1) is 18.3. The summed E-state index contributed by atoms with van der Waals surface area (Å²) < 4.78 is 10.3. The summed E-state index contributed by atoms with van der Waals surface area (Å²) >= 11 is 0. The van der Waals surface area contributed by atoms with Crippen LogP contribution in [0, 0.1) is 0 Å². The molecule has 6 heteroatoms. The van der Waals surface area contributed by atoms with E-state index in [4.69, 9.17) is 9.47 Å². The highest BCUT2D eigenvalue weighted by molar-refractivity contribution is 5.80. The van der Waals surface area contributed by atoms with E-state index in [1.165, 1.54) is 14.2 Å². The molecule has 25 heavy (non-hydrogen) atoms. The number of aliphatic carboxylic acids is 2. The maximum Gasteiger partial charge on any atom is 0.311 e. The van der Waals surface area contributed by atoms with Crippen molar-refractivity contribution in [2.24, 2.45) is 0 Å². The van der Waals surface area contributed by atoms with Crippen LogP contribution in [0.15, 0.2) is 48.5 Å². The molecule has 0 aliphatic rings. The van der Waals surface area contributed by atoms with Gasteiger partial charge in [-0.15, -0.1) is 0 Å². The van der Waals surface area contributed by atoms with E-state index in [2.05, 4.69) is 0 Å². The van der Waals surface area contributed by atoms with Crippen molar-refractivity contribution in [1.82, 2.24) is 0 Å². The molecule has 6 nitrogen and oxygen atoms in total. The van der Waals surface area contributed by atoms with Gasteiger partial charge in [0.1, 0.15) is 11.5 Å². The Hall–Kier alpha value is -3.02. The lowest BCUT2D eigenvalue weighted by Gasteiger charge is -2.24. The Morgan fingerprint density at radius 1 is 0.920 bits per heavy atom. The summed E-state index contributed by atoms with van der Waals surface area (Å²) in [5.41, 5.74) is 1.08. The van der Waals surface area contributed by atoms with Gasteiger partial charge in [-0.1, -0.05) is 24.3 Å². The Balaban J connectivity index is 2.54. The molecular weight excluding hydrogens is 324 g/mol. The Bertz CT molecular complexity index is 755. The zero-order valence-corrected chi connectivity index (χ0v) is 14.0. The van der Waals surface area contributed by atoms with E-state index >= 15 is 0 Å². The molecule has 0 bridgehead atoms. The second-order valence-electron chi connectivity index (χ2n) is 5.57. The predicted molar refractivity (Wildman–Crippen MR) is 91.4 cm³/mol. The summed E-state index contributed by atoms with van der Waals surface area (Å²) in [4.78, 5) is 23.4. The van der Waals surface area contributed by atoms with Gasteiger partial charge in [-0.25, -0.2) is 0 Å². The van der Waals surface area contributed by atoms with E-state index in [0.29, 0.717) is 22.6 Å². The smallest absolute Gasteiger partial charge is 0.311 e. The van der Waals surface area contributed by atoms with E-state index < -0.39 is 23.8 Å². The molecule has 0 fully saturated rings. The first-order chi connectivity index (χ1) is 12.0. The highest BCUT2D eigenvalue weighted by Crippen LogP contribution is 2.38. The molecule has 0 saturated heterocycles. The van der Waals surface area contributed by atoms with Crippen LogP contribution in [0.4, 0.5) is 0 Å². The second-order valence-corrected chi connectivity index (χ2v) is 5.57. The lowest BCUT2D eigenvalue weighted by molar-refractivity contribution is -0.140. The van der Waals surface area contributed by atoms with Crippen LogP contribution < -0.4 is 9.47 Å². The molecule has 0 aromatic heterocycles. The predicted octanol–water partition coefficient (Wildman–Crippen LogP) is 3.13. The number of ether oxygens (including phenoxy) is 2. The minimum absolute atomic E-state index is 0.318. The molecule has 0 saturated carbocycles. The van der Waals surface area contributed by atoms with Gasteiger partial charge in [0.05, 0.1) is 26.6 Å². The third-order valence-electron chi connectivity index (χ3n) is 4.04. The minimum atomic E-state index is -1.10. The van der Waals surface area contributed by atoms with E-state index in [1.807, 2.05) is 0 Å². The van der Waals surface area contributed by atoms with Gasteiger partial charge in [0.15, 0.2) is 0 Å². The van der Waals surface area contributed by atoms with E-state index in [1.54, 1.807) is 48.5 Å². The minimum Gasteiger partial charge on any atom is -0.497 e. The average molecular weight is 344 g/mol. The van der Waals surface area contributed by atoms with Gasteiger partial charge < -0.3 is 19.7 Å². The zero-order chi connectivity index (χ0) is 18.4. The van der Waals surface area contributed by atoms with Crippen LogP contribution in [0.25, 0.3) is 0 Å². The quantitative estimate of drug-likeness (QED) is 0.764. The van der Waals surface area contributed by atoms with Crippen molar-refractivity contribution < 1.29 is 29.3 Å². The lowest BCUT2D eigenvalue weighted by Crippen LogP contribution is -2.22. The van der Waals surface area contributed by atoms with Gasteiger partial charge in [-0.3, -0.25) is 9.59 Å². The van der Waals surface area contributed by atoms with Gasteiger partial charge in [0.25, 0.3) is 0 Å². The number of carbonyl (C=O) groups is 2. The van der Waals surface area contributed by atoms with Crippen LogP contribution in [0.5, 0.6) is 11.5 Å². The van der Waals surface area contributed by atoms with Crippen LogP contribution >= 0.6 is 0 Å². The van der Waals surface area contributed by atoms with Gasteiger partial charge in [0.2, 0.25) is 0 Å². The first-order valence-corrected chi connectivity index (χ1v) is 7.68. The fourth-order valence-electron chi connectivity index (χ4n) is 2.87. The van der Waals surface area contributed by atoms with E-state index in [0.717, 1.165) is 0 Å². The maximum atomic E-state index is 12.0. The third-order valence-corrected chi connectivity index (χ3v) is 4.04. The number of rotatable bonds is 8. The number of methoxy groups -OCH3 is 2. The zero-order valence-electron chi connectivity index (χ0n) is 14.0. The van der Waals surface area contributed by atoms with Crippen LogP contribution in [-0.2, 0) is 9.59 Å². The van der Waals surface area contributed by atoms with Gasteiger partial charge in [0, 0.05) is 5.92 Å². The van der Waals surface area contributed by atoms with Gasteiger partial charge in [-0.05, 0) is 35.4 Å². The van der Waals surface area contributed by atoms with Crippen LogP contribution in [0.3, 0.4) is 0 Å². The van der Waals surface area contributed by atoms with Gasteiger partial charge >= 0.3 is 11.9 Å². The molecule has 2 aromatic carbocycles. The largest absolute Gasteiger partial charge is 0.497 e. The number of carboxylic acid groups (broad SMARTS) is 2. The normalized spacial score (nSPS) is 12.9. The third kappa shape index (κ3) is 4.50. The van der Waals surface area contributed by atoms with Crippen molar-refractivity contribution in [3.05, 3.63) is 59.7 Å². The molecular formula is C19H20O6. The van der Waals surface area contributed by atoms with Crippen molar-refractivity contribution >= 4 is 11.9 Å². The Morgan fingerprint density at radius 2 is 1.44 bits per heavy atom. The summed E-state index contributed by atoms with van der Waals surface area (Å²) in [5.74, 6) is -2.88. The fraction of sp³-hybridized carbons (Fsp3) is 0.263. The molecule has 2 N–H and O–H groups in total. The molecule has 0 aliphatic carbocycles. The standard InChI is InChI=1S/C19H20O6/c1-24-14-7-3-5-12(9-14)16(11-17(20)21)18(19(22)23)13-6-4-8-15(10-13)25-2/h3-10,16,18H,11H2,1-2H3,(H,20,21)(H,22,23). The SMILES string of the molecule is COc1cccc(C(CC(=O)O)C(C(=O)O)c2cccc(OC)c2)c1. The second kappa shape index (κ2) is 8.19. The summed E-state index contributed by atoms with van der Waals surface area (Å²) in [7, 11) is 2.99. The first-order valence-electron chi connectivity index (χ1n) is 7.68. The van der Waals surface area contributed by atoms with E-state index in [-0.39, 0.29) is 6.42 Å². The number of hydrogen-bond donors (Lipinski definition) is 2. The molecule has 2 atom stereocenters. The Labute approximate surface area is 145 Å². The maximum absolute atomic E-state index is 12.0. The van der Waals surface area contributed by atoms with Crippen LogP contribution in [-0.4, -0.2) is 36.4 Å². The number of carboxylic acids is 2. The molecule has 0 aliphatic heterocycles. The monoisotopic (exact) mass is 344 g/mol. The molecule has 0 radical (unpaired) electrons. The molecule has 132 valence electrons. The van der Waals surface area contributed by atoms with E-state index in [9.17, 15) is 19.8 Å². The summed E-state index contributed by atoms with van der Waals surface area (Å²) in [5, 5.41) is 19.1. The van der Waals surface area contributed by atoms with Crippen molar-refractivity contribution in [2.75, 3.05) is 14.2 Å². The molecule has 0 spiro atoms. The summed E-state index contributed by atoms with van der Waals surface area (Å²) in [6.45, 7) is 0. The highest BCUT2D eigenvalue weighted by Gasteiger charge is 2.33. The van der Waals surface area contributed by atoms with Crippen molar-refractivity contribution in [2.45, 2.75) is 18.3 Å². The lowest BCUT2D eigenvalue weighted by atomic mass is 9.79. The van der Waals surface area contributed by atoms with Crippen molar-refractivity contribution in [3.63, 3.8) is 0 Å². The van der Waals surface area contributed by atoms with Gasteiger partial charge in [-0.2, -0.15) is 0 Å². The number of benzene rings is 2. The average Bonchev–Trinajstić information content (AvgIpc) is 2.60. The molecule has 0 amide bonds. The fourth-order valence-corrected chi connectivity index (χ4v) is 2.87. The topological polar surface area (TPSA) is 93.1 Å². The highest BCUT2D eigenvalue weighted by atomic mass is 16.5. The molecule has 2 unspecified atom stereocenters. The van der Waals surface area contributed by atoms with Crippen molar-refractivity contribution in [1.29, 1.82) is 0 Å². The van der Waals surface area contributed by atoms with Crippen LogP contribution in [0.1, 0.15) is 29.4 Å². The molecule has 2 aromatic rings. The Morgan fingerprint density at radius 3 is 1.92 bits per heavy atom. The Kier molecular flexibility index (Phi) is 6.00. The summed E-state index contributed by atoms with van der Waals surface area (Å²) in [6, 6.07) is 13.5. The summed E-state index contributed by atoms with van der Waals surface area (Å²) in [6.07, 6.45) is -0.318. The van der Waals surface area contributed by atoms with Crippen molar-refractivity contribution in [3.8, 4) is 11.5 Å². The molecule has 2 rings (SSSR count).